The Labute approximate surface area is 113 Å². The highest BCUT2D eigenvalue weighted by Gasteiger charge is 2.11. The number of aromatic nitrogens is 2. The Morgan fingerprint density at radius 3 is 2.80 bits per heavy atom. The molecule has 0 fully saturated rings. The highest BCUT2D eigenvalue weighted by Crippen LogP contribution is 2.22. The average molecular weight is 278 g/mol. The summed E-state index contributed by atoms with van der Waals surface area (Å²) in [6.45, 7) is -0.342. The molecule has 1 atom stereocenters. The van der Waals surface area contributed by atoms with Gasteiger partial charge in [0.15, 0.2) is 0 Å². The van der Waals surface area contributed by atoms with Crippen molar-refractivity contribution in [1.29, 1.82) is 0 Å². The predicted molar refractivity (Wildman–Crippen MR) is 72.5 cm³/mol. The summed E-state index contributed by atoms with van der Waals surface area (Å²) in [5.74, 6) is -0.727. The molecule has 2 aromatic rings. The van der Waals surface area contributed by atoms with Gasteiger partial charge >= 0.3 is 5.97 Å². The fourth-order valence-corrected chi connectivity index (χ4v) is 1.69. The van der Waals surface area contributed by atoms with Gasteiger partial charge in [-0.2, -0.15) is 4.98 Å². The number of nitrogen functional groups attached to an aromatic ring is 1. The smallest absolute Gasteiger partial charge is 0.335 e. The van der Waals surface area contributed by atoms with Crippen molar-refractivity contribution in [2.75, 3.05) is 24.2 Å². The second-order valence-corrected chi connectivity index (χ2v) is 4.18. The Morgan fingerprint density at radius 1 is 1.40 bits per heavy atom. The van der Waals surface area contributed by atoms with Crippen molar-refractivity contribution in [3.63, 3.8) is 0 Å². The number of benzene rings is 1. The van der Waals surface area contributed by atoms with E-state index >= 15 is 0 Å². The van der Waals surface area contributed by atoms with Gasteiger partial charge in [0.05, 0.1) is 23.8 Å². The minimum Gasteiger partial charge on any atom is -0.478 e. The molecule has 8 nitrogen and oxygen atoms in total. The number of anilines is 2. The number of nitrogens with two attached hydrogens (primary N) is 1. The number of rotatable bonds is 5. The van der Waals surface area contributed by atoms with Gasteiger partial charge in [-0.15, -0.1) is 0 Å². The molecule has 0 aliphatic carbocycles. The maximum absolute atomic E-state index is 11.0. The molecule has 0 spiro atoms. The highest BCUT2D eigenvalue weighted by molar-refractivity contribution is 5.97. The first-order chi connectivity index (χ1) is 9.51. The Morgan fingerprint density at radius 2 is 2.15 bits per heavy atom. The molecule has 1 aromatic carbocycles. The van der Waals surface area contributed by atoms with Gasteiger partial charge in [-0.3, -0.25) is 0 Å². The normalized spacial score (nSPS) is 12.3. The summed E-state index contributed by atoms with van der Waals surface area (Å²) in [5.41, 5.74) is 6.15. The Hall–Kier alpha value is -2.45. The highest BCUT2D eigenvalue weighted by atomic mass is 16.4. The van der Waals surface area contributed by atoms with Crippen LogP contribution in [0.3, 0.4) is 0 Å². The molecular weight excluding hydrogens is 264 g/mol. The molecule has 6 N–H and O–H groups in total. The Balaban J connectivity index is 2.44. The average Bonchev–Trinajstić information content (AvgIpc) is 2.43. The van der Waals surface area contributed by atoms with Crippen LogP contribution in [0, 0.1) is 0 Å². The second-order valence-electron chi connectivity index (χ2n) is 4.18. The van der Waals surface area contributed by atoms with Crippen molar-refractivity contribution in [3.8, 4) is 0 Å². The maximum atomic E-state index is 11.0. The number of carbonyl (C=O) groups is 1. The molecule has 1 heterocycles. The third-order valence-electron chi connectivity index (χ3n) is 2.68. The molecular formula is C12H14N4O4. The third kappa shape index (κ3) is 2.92. The fourth-order valence-electron chi connectivity index (χ4n) is 1.69. The second kappa shape index (κ2) is 5.68. The number of aliphatic hydroxyl groups excluding tert-OH is 2. The van der Waals surface area contributed by atoms with Crippen molar-refractivity contribution in [2.24, 2.45) is 0 Å². The zero-order valence-electron chi connectivity index (χ0n) is 10.4. The molecule has 106 valence electrons. The SMILES string of the molecule is Nc1nc(NC[C@H](O)CO)c2cc(C(=O)O)ccc2n1. The summed E-state index contributed by atoms with van der Waals surface area (Å²) in [5, 5.41) is 30.4. The number of nitrogens with one attached hydrogen (secondary N) is 1. The number of carboxylic acid groups (broad SMARTS) is 1. The minimum atomic E-state index is -1.06. The van der Waals surface area contributed by atoms with Gasteiger partial charge in [0.2, 0.25) is 5.95 Å². The van der Waals surface area contributed by atoms with E-state index in [1.165, 1.54) is 18.2 Å². The van der Waals surface area contributed by atoms with E-state index in [0.717, 1.165) is 0 Å². The van der Waals surface area contributed by atoms with Crippen LogP contribution in [0.1, 0.15) is 10.4 Å². The first-order valence-corrected chi connectivity index (χ1v) is 5.84. The van der Waals surface area contributed by atoms with Crippen LogP contribution in [0.2, 0.25) is 0 Å². The number of fused-ring (bicyclic) bond motifs is 1. The molecule has 0 saturated carbocycles. The molecule has 0 saturated heterocycles. The van der Waals surface area contributed by atoms with Gasteiger partial charge < -0.3 is 26.4 Å². The van der Waals surface area contributed by atoms with Crippen molar-refractivity contribution < 1.29 is 20.1 Å². The van der Waals surface area contributed by atoms with Crippen LogP contribution < -0.4 is 11.1 Å². The molecule has 0 bridgehead atoms. The number of nitrogens with zero attached hydrogens (tertiary/aromatic N) is 2. The van der Waals surface area contributed by atoms with E-state index in [4.69, 9.17) is 15.9 Å². The van der Waals surface area contributed by atoms with Gasteiger partial charge in [0.1, 0.15) is 5.82 Å². The summed E-state index contributed by atoms with van der Waals surface area (Å²) < 4.78 is 0. The molecule has 2 rings (SSSR count). The summed E-state index contributed by atoms with van der Waals surface area (Å²) in [6, 6.07) is 4.37. The lowest BCUT2D eigenvalue weighted by atomic mass is 10.1. The van der Waals surface area contributed by atoms with Gasteiger partial charge in [0, 0.05) is 11.9 Å². The van der Waals surface area contributed by atoms with Crippen LogP contribution in [-0.4, -0.2) is 50.5 Å². The lowest BCUT2D eigenvalue weighted by molar-refractivity contribution is 0.0697. The quantitative estimate of drug-likeness (QED) is 0.500. The number of hydrogen-bond donors (Lipinski definition) is 5. The molecule has 0 unspecified atom stereocenters. The fraction of sp³-hybridized carbons (Fsp3) is 0.250. The lowest BCUT2D eigenvalue weighted by Crippen LogP contribution is -2.23. The largest absolute Gasteiger partial charge is 0.478 e. The minimum absolute atomic E-state index is 0.0292. The van der Waals surface area contributed by atoms with Crippen molar-refractivity contribution in [1.82, 2.24) is 9.97 Å². The monoisotopic (exact) mass is 278 g/mol. The first kappa shape index (κ1) is 14.0. The Kier molecular flexibility index (Phi) is 3.97. The molecule has 1 aromatic heterocycles. The molecule has 0 aliphatic heterocycles. The molecule has 0 radical (unpaired) electrons. The molecule has 0 amide bonds. The predicted octanol–water partition coefficient (Wildman–Crippen LogP) is -0.325. The molecule has 8 heteroatoms. The molecule has 0 aliphatic rings. The van der Waals surface area contributed by atoms with E-state index in [0.29, 0.717) is 16.7 Å². The summed E-state index contributed by atoms with van der Waals surface area (Å²) in [4.78, 5) is 19.0. The van der Waals surface area contributed by atoms with Crippen LogP contribution in [0.5, 0.6) is 0 Å². The van der Waals surface area contributed by atoms with Crippen LogP contribution in [-0.2, 0) is 0 Å². The van der Waals surface area contributed by atoms with Gasteiger partial charge in [-0.1, -0.05) is 0 Å². The first-order valence-electron chi connectivity index (χ1n) is 5.84. The Bertz CT molecular complexity index is 647. The van der Waals surface area contributed by atoms with Crippen LogP contribution >= 0.6 is 0 Å². The van der Waals surface area contributed by atoms with E-state index in [-0.39, 0.29) is 18.1 Å². The lowest BCUT2D eigenvalue weighted by Gasteiger charge is -2.12. The van der Waals surface area contributed by atoms with Gasteiger partial charge in [0.25, 0.3) is 0 Å². The van der Waals surface area contributed by atoms with E-state index < -0.39 is 18.7 Å². The standard InChI is InChI=1S/C12H14N4O4/c13-12-15-9-2-1-6(11(19)20)3-8(9)10(16-12)14-4-7(18)5-17/h1-3,7,17-18H,4-5H2,(H,19,20)(H3,13,14,15,16)/t7-/m0/s1. The maximum Gasteiger partial charge on any atom is 0.335 e. The van der Waals surface area contributed by atoms with E-state index in [1.54, 1.807) is 0 Å². The number of aromatic carboxylic acids is 1. The summed E-state index contributed by atoms with van der Waals surface area (Å²) in [6.07, 6.45) is -0.955. The van der Waals surface area contributed by atoms with Crippen molar-refractivity contribution in [2.45, 2.75) is 6.10 Å². The summed E-state index contributed by atoms with van der Waals surface area (Å²) in [7, 11) is 0. The van der Waals surface area contributed by atoms with Gasteiger partial charge in [-0.25, -0.2) is 9.78 Å². The van der Waals surface area contributed by atoms with Crippen LogP contribution in [0.15, 0.2) is 18.2 Å². The van der Waals surface area contributed by atoms with Crippen molar-refractivity contribution in [3.05, 3.63) is 23.8 Å². The number of carboxylic acids is 1. The number of aliphatic hydroxyl groups is 2. The van der Waals surface area contributed by atoms with Crippen LogP contribution in [0.4, 0.5) is 11.8 Å². The van der Waals surface area contributed by atoms with E-state index in [1.807, 2.05) is 0 Å². The molecule has 20 heavy (non-hydrogen) atoms. The number of hydrogen-bond acceptors (Lipinski definition) is 7. The van der Waals surface area contributed by atoms with Crippen molar-refractivity contribution >= 4 is 28.6 Å². The third-order valence-corrected chi connectivity index (χ3v) is 2.68. The van der Waals surface area contributed by atoms with E-state index in [2.05, 4.69) is 15.3 Å². The van der Waals surface area contributed by atoms with Crippen LogP contribution in [0.25, 0.3) is 10.9 Å². The zero-order chi connectivity index (χ0) is 14.7. The van der Waals surface area contributed by atoms with Gasteiger partial charge in [-0.05, 0) is 18.2 Å². The van der Waals surface area contributed by atoms with E-state index in [9.17, 15) is 9.90 Å². The topological polar surface area (TPSA) is 142 Å². The summed E-state index contributed by atoms with van der Waals surface area (Å²) >= 11 is 0. The zero-order valence-corrected chi connectivity index (χ0v) is 10.4.